The van der Waals surface area contributed by atoms with Crippen molar-refractivity contribution in [1.29, 1.82) is 0 Å². The smallest absolute Gasteiger partial charge is 0.224 e. The quantitative estimate of drug-likeness (QED) is 0.735. The molecule has 130 valence electrons. The number of likely N-dealkylation sites (tertiary alicyclic amines) is 1. The first-order chi connectivity index (χ1) is 12.1. The number of hydrogen-bond acceptors (Lipinski definition) is 3. The minimum Gasteiger partial charge on any atom is -0.349 e. The van der Waals surface area contributed by atoms with Crippen LogP contribution in [0.25, 0.3) is 5.65 Å². The molecule has 0 aliphatic carbocycles. The van der Waals surface area contributed by atoms with Crippen LogP contribution in [0.15, 0.2) is 36.5 Å². The van der Waals surface area contributed by atoms with Gasteiger partial charge in [-0.2, -0.15) is 0 Å². The van der Waals surface area contributed by atoms with Crippen LogP contribution in [0, 0.1) is 13.8 Å². The first kappa shape index (κ1) is 15.9. The van der Waals surface area contributed by atoms with Crippen LogP contribution in [0.1, 0.15) is 42.5 Å². The van der Waals surface area contributed by atoms with Gasteiger partial charge in [0.2, 0.25) is 5.91 Å². The minimum absolute atomic E-state index is 0.0248. The number of nitrogens with zero attached hydrogens (tertiary/aromatic N) is 5. The Bertz CT molecular complexity index is 890. The first-order valence-electron chi connectivity index (χ1n) is 8.87. The van der Waals surface area contributed by atoms with Crippen molar-refractivity contribution < 1.29 is 4.79 Å². The average Bonchev–Trinajstić information content (AvgIpc) is 3.32. The molecular weight excluding hydrogens is 314 g/mol. The van der Waals surface area contributed by atoms with Gasteiger partial charge >= 0.3 is 0 Å². The van der Waals surface area contributed by atoms with Crippen molar-refractivity contribution in [3.8, 4) is 0 Å². The van der Waals surface area contributed by atoms with Crippen LogP contribution in [0.2, 0.25) is 0 Å². The fourth-order valence-corrected chi connectivity index (χ4v) is 3.82. The van der Waals surface area contributed by atoms with Gasteiger partial charge in [0, 0.05) is 37.1 Å². The van der Waals surface area contributed by atoms with Crippen molar-refractivity contribution in [1.82, 2.24) is 24.1 Å². The van der Waals surface area contributed by atoms with E-state index < -0.39 is 0 Å². The SMILES string of the molecule is Cc1ccc(C)n1CCC(=O)N1CCCC1c1nnc2ccccn12. The first-order valence-corrected chi connectivity index (χ1v) is 8.87. The van der Waals surface area contributed by atoms with Crippen molar-refractivity contribution in [2.24, 2.45) is 0 Å². The van der Waals surface area contributed by atoms with Crippen LogP contribution < -0.4 is 0 Å². The molecule has 1 fully saturated rings. The van der Waals surface area contributed by atoms with Gasteiger partial charge in [0.1, 0.15) is 0 Å². The highest BCUT2D eigenvalue weighted by Crippen LogP contribution is 2.31. The van der Waals surface area contributed by atoms with Crippen LogP contribution in [0.4, 0.5) is 0 Å². The Morgan fingerprint density at radius 3 is 2.76 bits per heavy atom. The van der Waals surface area contributed by atoms with E-state index in [4.69, 9.17) is 0 Å². The average molecular weight is 337 g/mol. The second-order valence-corrected chi connectivity index (χ2v) is 6.75. The molecule has 1 aliphatic rings. The van der Waals surface area contributed by atoms with E-state index in [1.165, 1.54) is 11.4 Å². The third-order valence-corrected chi connectivity index (χ3v) is 5.18. The number of amides is 1. The summed E-state index contributed by atoms with van der Waals surface area (Å²) < 4.78 is 4.20. The van der Waals surface area contributed by atoms with Gasteiger partial charge < -0.3 is 9.47 Å². The Hall–Kier alpha value is -2.63. The summed E-state index contributed by atoms with van der Waals surface area (Å²) in [6, 6.07) is 10.1. The summed E-state index contributed by atoms with van der Waals surface area (Å²) in [7, 11) is 0. The summed E-state index contributed by atoms with van der Waals surface area (Å²) in [6.07, 6.45) is 4.45. The normalized spacial score (nSPS) is 17.5. The van der Waals surface area contributed by atoms with Gasteiger partial charge in [-0.15, -0.1) is 10.2 Å². The van der Waals surface area contributed by atoms with E-state index in [1.807, 2.05) is 33.7 Å². The summed E-state index contributed by atoms with van der Waals surface area (Å²) in [4.78, 5) is 14.8. The molecule has 0 aromatic carbocycles. The van der Waals surface area contributed by atoms with Crippen molar-refractivity contribution in [2.45, 2.75) is 45.7 Å². The number of aryl methyl sites for hydroxylation is 2. The second-order valence-electron chi connectivity index (χ2n) is 6.75. The molecule has 6 heteroatoms. The summed E-state index contributed by atoms with van der Waals surface area (Å²) in [6.45, 7) is 5.69. The van der Waals surface area contributed by atoms with Crippen molar-refractivity contribution in [3.05, 3.63) is 53.7 Å². The predicted molar refractivity (Wildman–Crippen MR) is 95.2 cm³/mol. The number of pyridine rings is 1. The Balaban J connectivity index is 1.52. The molecule has 0 spiro atoms. The molecule has 0 N–H and O–H groups in total. The molecule has 25 heavy (non-hydrogen) atoms. The molecule has 0 saturated carbocycles. The van der Waals surface area contributed by atoms with E-state index in [0.717, 1.165) is 37.4 Å². The van der Waals surface area contributed by atoms with E-state index in [2.05, 4.69) is 40.7 Å². The van der Waals surface area contributed by atoms with Crippen molar-refractivity contribution >= 4 is 11.6 Å². The minimum atomic E-state index is 0.0248. The Kier molecular flexibility index (Phi) is 4.03. The monoisotopic (exact) mass is 337 g/mol. The van der Waals surface area contributed by atoms with E-state index in [0.29, 0.717) is 6.42 Å². The van der Waals surface area contributed by atoms with Crippen LogP contribution in [-0.4, -0.2) is 36.5 Å². The summed E-state index contributed by atoms with van der Waals surface area (Å²) in [5.74, 6) is 1.07. The Morgan fingerprint density at radius 2 is 1.96 bits per heavy atom. The lowest BCUT2D eigenvalue weighted by molar-refractivity contribution is -0.132. The number of carbonyl (C=O) groups excluding carboxylic acids is 1. The molecule has 0 radical (unpaired) electrons. The standard InChI is InChI=1S/C19H23N5O/c1-14-8-9-15(2)22(14)13-10-18(25)23-12-5-6-16(23)19-21-20-17-7-3-4-11-24(17)19/h3-4,7-9,11,16H,5-6,10,12-13H2,1-2H3. The zero-order valence-corrected chi connectivity index (χ0v) is 14.7. The molecule has 3 aromatic heterocycles. The highest BCUT2D eigenvalue weighted by Gasteiger charge is 2.32. The van der Waals surface area contributed by atoms with Gasteiger partial charge in [0.15, 0.2) is 11.5 Å². The van der Waals surface area contributed by atoms with Crippen LogP contribution in [0.3, 0.4) is 0 Å². The summed E-state index contributed by atoms with van der Waals surface area (Å²) >= 11 is 0. The summed E-state index contributed by atoms with van der Waals surface area (Å²) in [5, 5.41) is 8.60. The van der Waals surface area contributed by atoms with Crippen molar-refractivity contribution in [3.63, 3.8) is 0 Å². The maximum atomic E-state index is 12.9. The number of fused-ring (bicyclic) bond motifs is 1. The third kappa shape index (κ3) is 2.81. The maximum Gasteiger partial charge on any atom is 0.224 e. The summed E-state index contributed by atoms with van der Waals surface area (Å²) in [5.41, 5.74) is 3.23. The lowest BCUT2D eigenvalue weighted by Crippen LogP contribution is -2.32. The maximum absolute atomic E-state index is 12.9. The number of carbonyl (C=O) groups is 1. The third-order valence-electron chi connectivity index (χ3n) is 5.18. The topological polar surface area (TPSA) is 55.4 Å². The van der Waals surface area contributed by atoms with E-state index in [1.54, 1.807) is 0 Å². The van der Waals surface area contributed by atoms with Crippen LogP contribution >= 0.6 is 0 Å². The van der Waals surface area contributed by atoms with E-state index in [9.17, 15) is 4.79 Å². The number of aromatic nitrogens is 4. The number of hydrogen-bond donors (Lipinski definition) is 0. The predicted octanol–water partition coefficient (Wildman–Crippen LogP) is 2.90. The van der Waals surface area contributed by atoms with Crippen LogP contribution in [0.5, 0.6) is 0 Å². The Labute approximate surface area is 147 Å². The highest BCUT2D eigenvalue weighted by atomic mass is 16.2. The molecular formula is C19H23N5O. The lowest BCUT2D eigenvalue weighted by atomic mass is 10.2. The number of rotatable bonds is 4. The Morgan fingerprint density at radius 1 is 1.16 bits per heavy atom. The molecule has 1 unspecified atom stereocenters. The van der Waals surface area contributed by atoms with Gasteiger partial charge in [-0.05, 0) is 51.0 Å². The van der Waals surface area contributed by atoms with Gasteiger partial charge in [0.25, 0.3) is 0 Å². The lowest BCUT2D eigenvalue weighted by Gasteiger charge is -2.24. The second kappa shape index (κ2) is 6.35. The van der Waals surface area contributed by atoms with Gasteiger partial charge in [0.05, 0.1) is 6.04 Å². The largest absolute Gasteiger partial charge is 0.349 e. The zero-order chi connectivity index (χ0) is 17.4. The molecule has 1 atom stereocenters. The highest BCUT2D eigenvalue weighted by molar-refractivity contribution is 5.77. The zero-order valence-electron chi connectivity index (χ0n) is 14.7. The molecule has 3 aromatic rings. The molecule has 1 aliphatic heterocycles. The fourth-order valence-electron chi connectivity index (χ4n) is 3.82. The fraction of sp³-hybridized carbons (Fsp3) is 0.421. The van der Waals surface area contributed by atoms with Crippen LogP contribution in [-0.2, 0) is 11.3 Å². The molecule has 1 amide bonds. The van der Waals surface area contributed by atoms with Gasteiger partial charge in [-0.1, -0.05) is 6.07 Å². The molecule has 1 saturated heterocycles. The molecule has 6 nitrogen and oxygen atoms in total. The van der Waals surface area contributed by atoms with Gasteiger partial charge in [-0.3, -0.25) is 9.20 Å². The molecule has 4 rings (SSSR count). The molecule has 0 bridgehead atoms. The van der Waals surface area contributed by atoms with Gasteiger partial charge in [-0.25, -0.2) is 0 Å². The van der Waals surface area contributed by atoms with E-state index >= 15 is 0 Å². The van der Waals surface area contributed by atoms with E-state index in [-0.39, 0.29) is 11.9 Å². The molecule has 4 heterocycles. The van der Waals surface area contributed by atoms with Crippen molar-refractivity contribution in [2.75, 3.05) is 6.54 Å².